The quantitative estimate of drug-likeness (QED) is 0.820. The molecule has 18 heavy (non-hydrogen) atoms. The standard InChI is InChI=1S/C16H24O2/c1-16(2,3)9-4-10-18-13-6-7-14-12(11-13)5-8-15(14)17/h6-7,11,15,17H,4-5,8-10H2,1-3H3/t15-/m0/s1. The van der Waals surface area contributed by atoms with Crippen molar-refractivity contribution in [2.45, 2.75) is 52.6 Å². The number of benzene rings is 1. The highest BCUT2D eigenvalue weighted by Crippen LogP contribution is 2.33. The highest BCUT2D eigenvalue weighted by Gasteiger charge is 2.20. The van der Waals surface area contributed by atoms with Crippen LogP contribution in [0.1, 0.15) is 57.3 Å². The molecule has 0 bridgehead atoms. The predicted octanol–water partition coefficient (Wildman–Crippen LogP) is 3.87. The van der Waals surface area contributed by atoms with Crippen molar-refractivity contribution in [2.24, 2.45) is 5.41 Å². The Morgan fingerprint density at radius 3 is 2.83 bits per heavy atom. The third kappa shape index (κ3) is 3.49. The van der Waals surface area contributed by atoms with Crippen LogP contribution in [0.25, 0.3) is 0 Å². The van der Waals surface area contributed by atoms with E-state index in [1.807, 2.05) is 12.1 Å². The van der Waals surface area contributed by atoms with Gasteiger partial charge < -0.3 is 9.84 Å². The van der Waals surface area contributed by atoms with E-state index in [1.54, 1.807) is 0 Å². The molecule has 0 aliphatic heterocycles. The van der Waals surface area contributed by atoms with Crippen molar-refractivity contribution in [3.05, 3.63) is 29.3 Å². The summed E-state index contributed by atoms with van der Waals surface area (Å²) < 4.78 is 5.78. The zero-order valence-corrected chi connectivity index (χ0v) is 11.7. The Bertz CT molecular complexity index is 404. The third-order valence-corrected chi connectivity index (χ3v) is 3.50. The Morgan fingerprint density at radius 1 is 1.33 bits per heavy atom. The van der Waals surface area contributed by atoms with Gasteiger partial charge in [0.25, 0.3) is 0 Å². The van der Waals surface area contributed by atoms with Gasteiger partial charge in [-0.05, 0) is 54.4 Å². The lowest BCUT2D eigenvalue weighted by molar-refractivity contribution is 0.180. The van der Waals surface area contributed by atoms with E-state index in [9.17, 15) is 5.11 Å². The normalized spacial score (nSPS) is 18.8. The summed E-state index contributed by atoms with van der Waals surface area (Å²) in [6, 6.07) is 6.07. The smallest absolute Gasteiger partial charge is 0.119 e. The van der Waals surface area contributed by atoms with Gasteiger partial charge in [-0.2, -0.15) is 0 Å². The molecular weight excluding hydrogens is 224 g/mol. The van der Waals surface area contributed by atoms with Gasteiger partial charge >= 0.3 is 0 Å². The van der Waals surface area contributed by atoms with Crippen molar-refractivity contribution in [1.29, 1.82) is 0 Å². The third-order valence-electron chi connectivity index (χ3n) is 3.50. The Kier molecular flexibility index (Phi) is 3.96. The lowest BCUT2D eigenvalue weighted by Gasteiger charge is -2.17. The summed E-state index contributed by atoms with van der Waals surface area (Å²) in [4.78, 5) is 0. The summed E-state index contributed by atoms with van der Waals surface area (Å²) >= 11 is 0. The molecule has 2 nitrogen and oxygen atoms in total. The Labute approximate surface area is 110 Å². The second-order valence-corrected chi connectivity index (χ2v) is 6.43. The summed E-state index contributed by atoms with van der Waals surface area (Å²) in [6.45, 7) is 7.54. The van der Waals surface area contributed by atoms with Crippen LogP contribution in [0.2, 0.25) is 0 Å². The van der Waals surface area contributed by atoms with Crippen molar-refractivity contribution in [2.75, 3.05) is 6.61 Å². The monoisotopic (exact) mass is 248 g/mol. The van der Waals surface area contributed by atoms with Crippen LogP contribution >= 0.6 is 0 Å². The minimum Gasteiger partial charge on any atom is -0.494 e. The number of hydrogen-bond donors (Lipinski definition) is 1. The molecule has 0 unspecified atom stereocenters. The number of fused-ring (bicyclic) bond motifs is 1. The van der Waals surface area contributed by atoms with Gasteiger partial charge in [0.15, 0.2) is 0 Å². The molecule has 0 aromatic heterocycles. The SMILES string of the molecule is CC(C)(C)CCCOc1ccc2c(c1)CC[C@@H]2O. The maximum Gasteiger partial charge on any atom is 0.119 e. The fourth-order valence-corrected chi connectivity index (χ4v) is 2.45. The number of aliphatic hydroxyl groups is 1. The Morgan fingerprint density at radius 2 is 2.11 bits per heavy atom. The number of rotatable bonds is 4. The lowest BCUT2D eigenvalue weighted by atomic mass is 9.91. The minimum atomic E-state index is -0.269. The molecule has 0 spiro atoms. The topological polar surface area (TPSA) is 29.5 Å². The van der Waals surface area contributed by atoms with Gasteiger partial charge in [-0.25, -0.2) is 0 Å². The van der Waals surface area contributed by atoms with Gasteiger partial charge in [-0.1, -0.05) is 26.8 Å². The molecule has 1 N–H and O–H groups in total. The van der Waals surface area contributed by atoms with Crippen molar-refractivity contribution < 1.29 is 9.84 Å². The van der Waals surface area contributed by atoms with E-state index in [4.69, 9.17) is 4.74 Å². The highest BCUT2D eigenvalue weighted by molar-refractivity contribution is 5.39. The molecule has 1 aromatic carbocycles. The van der Waals surface area contributed by atoms with Crippen molar-refractivity contribution in [3.8, 4) is 5.75 Å². The molecule has 0 amide bonds. The van der Waals surface area contributed by atoms with E-state index in [1.165, 1.54) is 12.0 Å². The zero-order valence-electron chi connectivity index (χ0n) is 11.7. The van der Waals surface area contributed by atoms with Crippen LogP contribution in [0.3, 0.4) is 0 Å². The zero-order chi connectivity index (χ0) is 13.2. The summed E-state index contributed by atoms with van der Waals surface area (Å²) in [5.74, 6) is 0.941. The average molecular weight is 248 g/mol. The summed E-state index contributed by atoms with van der Waals surface area (Å²) in [5.41, 5.74) is 2.71. The van der Waals surface area contributed by atoms with E-state index in [0.717, 1.165) is 37.2 Å². The van der Waals surface area contributed by atoms with E-state index >= 15 is 0 Å². The number of aliphatic hydroxyl groups excluding tert-OH is 1. The molecule has 0 fully saturated rings. The molecule has 1 aromatic rings. The second kappa shape index (κ2) is 5.31. The van der Waals surface area contributed by atoms with Crippen LogP contribution in [0.5, 0.6) is 5.75 Å². The van der Waals surface area contributed by atoms with Crippen molar-refractivity contribution in [1.82, 2.24) is 0 Å². The van der Waals surface area contributed by atoms with Gasteiger partial charge in [-0.15, -0.1) is 0 Å². The average Bonchev–Trinajstić information content (AvgIpc) is 2.65. The van der Waals surface area contributed by atoms with Crippen LogP contribution in [-0.2, 0) is 6.42 Å². The Hall–Kier alpha value is -1.02. The largest absolute Gasteiger partial charge is 0.494 e. The minimum absolute atomic E-state index is 0.269. The first-order valence-electron chi connectivity index (χ1n) is 6.89. The summed E-state index contributed by atoms with van der Waals surface area (Å²) in [6.07, 6.45) is 3.81. The first-order chi connectivity index (χ1) is 8.46. The summed E-state index contributed by atoms with van der Waals surface area (Å²) in [7, 11) is 0. The predicted molar refractivity (Wildman–Crippen MR) is 73.9 cm³/mol. The van der Waals surface area contributed by atoms with Crippen LogP contribution in [-0.4, -0.2) is 11.7 Å². The molecule has 2 rings (SSSR count). The number of ether oxygens (including phenoxy) is 1. The first-order valence-corrected chi connectivity index (χ1v) is 6.89. The first kappa shape index (κ1) is 13.4. The van der Waals surface area contributed by atoms with Gasteiger partial charge in [0, 0.05) is 0 Å². The molecule has 0 saturated carbocycles. The second-order valence-electron chi connectivity index (χ2n) is 6.43. The molecule has 2 heteroatoms. The maximum atomic E-state index is 9.74. The fraction of sp³-hybridized carbons (Fsp3) is 0.625. The Balaban J connectivity index is 1.84. The lowest BCUT2D eigenvalue weighted by Crippen LogP contribution is -2.08. The van der Waals surface area contributed by atoms with Crippen LogP contribution in [0.4, 0.5) is 0 Å². The molecular formula is C16H24O2. The molecule has 1 aliphatic rings. The van der Waals surface area contributed by atoms with E-state index in [2.05, 4.69) is 26.8 Å². The van der Waals surface area contributed by atoms with Gasteiger partial charge in [0.2, 0.25) is 0 Å². The summed E-state index contributed by atoms with van der Waals surface area (Å²) in [5, 5.41) is 9.74. The molecule has 0 saturated heterocycles. The molecule has 1 atom stereocenters. The maximum absolute atomic E-state index is 9.74. The molecule has 100 valence electrons. The van der Waals surface area contributed by atoms with Crippen molar-refractivity contribution >= 4 is 0 Å². The van der Waals surface area contributed by atoms with Gasteiger partial charge in [0.1, 0.15) is 5.75 Å². The molecule has 0 radical (unpaired) electrons. The van der Waals surface area contributed by atoms with Gasteiger partial charge in [-0.3, -0.25) is 0 Å². The van der Waals surface area contributed by atoms with Gasteiger partial charge in [0.05, 0.1) is 12.7 Å². The van der Waals surface area contributed by atoms with E-state index in [-0.39, 0.29) is 6.10 Å². The van der Waals surface area contributed by atoms with Crippen LogP contribution in [0, 0.1) is 5.41 Å². The number of hydrogen-bond acceptors (Lipinski definition) is 2. The van der Waals surface area contributed by atoms with E-state index < -0.39 is 0 Å². The molecule has 1 aliphatic carbocycles. The van der Waals surface area contributed by atoms with E-state index in [0.29, 0.717) is 5.41 Å². The van der Waals surface area contributed by atoms with Crippen LogP contribution in [0.15, 0.2) is 18.2 Å². The number of aryl methyl sites for hydroxylation is 1. The fourth-order valence-electron chi connectivity index (χ4n) is 2.45. The van der Waals surface area contributed by atoms with Crippen LogP contribution < -0.4 is 4.74 Å². The highest BCUT2D eigenvalue weighted by atomic mass is 16.5. The molecule has 0 heterocycles. The van der Waals surface area contributed by atoms with Crippen molar-refractivity contribution in [3.63, 3.8) is 0 Å².